The molecule has 1 radical (unpaired) electrons. The highest BCUT2D eigenvalue weighted by Crippen LogP contribution is 2.29. The van der Waals surface area contributed by atoms with E-state index in [1.54, 1.807) is 6.41 Å². The monoisotopic (exact) mass is 112 g/mol. The molecule has 8 heavy (non-hydrogen) atoms. The molecule has 1 aliphatic rings. The molecule has 0 unspecified atom stereocenters. The van der Waals surface area contributed by atoms with Crippen molar-refractivity contribution in [1.82, 2.24) is 5.32 Å². The SMILES string of the molecule is CC1(N[C]=O)CCC1. The molecule has 0 spiro atoms. The van der Waals surface area contributed by atoms with Gasteiger partial charge in [-0.05, 0) is 26.2 Å². The van der Waals surface area contributed by atoms with Crippen LogP contribution in [-0.4, -0.2) is 11.9 Å². The van der Waals surface area contributed by atoms with Gasteiger partial charge in [0.25, 0.3) is 0 Å². The van der Waals surface area contributed by atoms with Gasteiger partial charge in [-0.2, -0.15) is 0 Å². The molecule has 1 N–H and O–H groups in total. The van der Waals surface area contributed by atoms with Gasteiger partial charge in [0.05, 0.1) is 0 Å². The second kappa shape index (κ2) is 1.77. The number of carbonyl (C=O) groups excluding carboxylic acids is 1. The van der Waals surface area contributed by atoms with Crippen LogP contribution in [0.25, 0.3) is 0 Å². The van der Waals surface area contributed by atoms with Crippen molar-refractivity contribution < 1.29 is 4.79 Å². The molecule has 0 aliphatic heterocycles. The van der Waals surface area contributed by atoms with E-state index < -0.39 is 0 Å². The van der Waals surface area contributed by atoms with Crippen LogP contribution in [0.2, 0.25) is 0 Å². The molecule has 0 bridgehead atoms. The lowest BCUT2D eigenvalue weighted by Crippen LogP contribution is -2.47. The molecule has 0 atom stereocenters. The molecule has 0 aromatic carbocycles. The minimum absolute atomic E-state index is 0.0990. The molecule has 1 saturated carbocycles. The summed E-state index contributed by atoms with van der Waals surface area (Å²) in [6, 6.07) is 0. The highest BCUT2D eigenvalue weighted by atomic mass is 16.1. The minimum atomic E-state index is 0.0990. The Labute approximate surface area is 49.3 Å². The zero-order chi connectivity index (χ0) is 6.04. The molecule has 2 heteroatoms. The summed E-state index contributed by atoms with van der Waals surface area (Å²) in [4.78, 5) is 9.78. The average molecular weight is 112 g/mol. The normalized spacial score (nSPS) is 23.6. The number of hydrogen-bond donors (Lipinski definition) is 1. The van der Waals surface area contributed by atoms with Gasteiger partial charge in [-0.25, -0.2) is 0 Å². The van der Waals surface area contributed by atoms with Gasteiger partial charge in [0, 0.05) is 5.54 Å². The van der Waals surface area contributed by atoms with Gasteiger partial charge in [-0.3, -0.25) is 4.79 Å². The summed E-state index contributed by atoms with van der Waals surface area (Å²) in [5.41, 5.74) is 0.0990. The van der Waals surface area contributed by atoms with Gasteiger partial charge in [0.1, 0.15) is 0 Å². The van der Waals surface area contributed by atoms with Crippen LogP contribution in [0.15, 0.2) is 0 Å². The Kier molecular flexibility index (Phi) is 1.24. The molecule has 2 nitrogen and oxygen atoms in total. The third-order valence-corrected chi connectivity index (χ3v) is 1.81. The van der Waals surface area contributed by atoms with E-state index in [-0.39, 0.29) is 5.54 Å². The summed E-state index contributed by atoms with van der Waals surface area (Å²) in [6.45, 7) is 2.04. The fourth-order valence-electron chi connectivity index (χ4n) is 0.955. The van der Waals surface area contributed by atoms with Gasteiger partial charge in [0.15, 0.2) is 0 Å². The molecule has 0 heterocycles. The second-order valence-electron chi connectivity index (χ2n) is 2.64. The summed E-state index contributed by atoms with van der Waals surface area (Å²) in [6.07, 6.45) is 5.18. The van der Waals surface area contributed by atoms with Crippen LogP contribution >= 0.6 is 0 Å². The molecular formula is C6H10NO. The first-order chi connectivity index (χ1) is 3.77. The Morgan fingerprint density at radius 3 is 2.38 bits per heavy atom. The summed E-state index contributed by atoms with van der Waals surface area (Å²) in [5.74, 6) is 0. The van der Waals surface area contributed by atoms with Crippen LogP contribution in [0.5, 0.6) is 0 Å². The summed E-state index contributed by atoms with van der Waals surface area (Å²) in [5, 5.41) is 2.65. The van der Waals surface area contributed by atoms with Gasteiger partial charge in [-0.1, -0.05) is 0 Å². The van der Waals surface area contributed by atoms with E-state index in [1.807, 2.05) is 6.92 Å². The lowest BCUT2D eigenvalue weighted by molar-refractivity contribution is 0.240. The van der Waals surface area contributed by atoms with E-state index in [0.717, 1.165) is 12.8 Å². The fraction of sp³-hybridized carbons (Fsp3) is 0.833. The van der Waals surface area contributed by atoms with Gasteiger partial charge < -0.3 is 5.32 Å². The maximum absolute atomic E-state index is 9.78. The second-order valence-corrected chi connectivity index (χ2v) is 2.64. The van der Waals surface area contributed by atoms with Crippen LogP contribution in [0.1, 0.15) is 26.2 Å². The smallest absolute Gasteiger partial charge is 0.309 e. The first-order valence-corrected chi connectivity index (χ1v) is 2.91. The Morgan fingerprint density at radius 1 is 1.62 bits per heavy atom. The minimum Gasteiger partial charge on any atom is -0.343 e. The van der Waals surface area contributed by atoms with Crippen molar-refractivity contribution in [3.8, 4) is 0 Å². The van der Waals surface area contributed by atoms with Crippen molar-refractivity contribution in [2.75, 3.05) is 0 Å². The molecule has 1 rings (SSSR count). The van der Waals surface area contributed by atoms with Crippen LogP contribution in [0, 0.1) is 0 Å². The first kappa shape index (κ1) is 5.60. The molecule has 1 fully saturated rings. The lowest BCUT2D eigenvalue weighted by atomic mass is 9.79. The van der Waals surface area contributed by atoms with Crippen molar-refractivity contribution in [3.63, 3.8) is 0 Å². The summed E-state index contributed by atoms with van der Waals surface area (Å²) < 4.78 is 0. The fourth-order valence-corrected chi connectivity index (χ4v) is 0.955. The largest absolute Gasteiger partial charge is 0.343 e. The van der Waals surface area contributed by atoms with Crippen LogP contribution < -0.4 is 5.32 Å². The van der Waals surface area contributed by atoms with E-state index in [2.05, 4.69) is 5.32 Å². The predicted molar refractivity (Wildman–Crippen MR) is 31.1 cm³/mol. The molecule has 0 saturated heterocycles. The number of nitrogens with one attached hydrogen (secondary N) is 1. The topological polar surface area (TPSA) is 29.1 Å². The van der Waals surface area contributed by atoms with Crippen LogP contribution in [0.4, 0.5) is 0 Å². The first-order valence-electron chi connectivity index (χ1n) is 2.91. The zero-order valence-electron chi connectivity index (χ0n) is 5.03. The van der Waals surface area contributed by atoms with Crippen molar-refractivity contribution in [1.29, 1.82) is 0 Å². The third-order valence-electron chi connectivity index (χ3n) is 1.81. The van der Waals surface area contributed by atoms with E-state index in [4.69, 9.17) is 0 Å². The average Bonchev–Trinajstić information content (AvgIpc) is 1.64. The van der Waals surface area contributed by atoms with E-state index in [0.29, 0.717) is 0 Å². The number of rotatable bonds is 2. The highest BCUT2D eigenvalue weighted by molar-refractivity contribution is 5.49. The third kappa shape index (κ3) is 0.831. The molecule has 0 aromatic rings. The lowest BCUT2D eigenvalue weighted by Gasteiger charge is -2.37. The standard InChI is InChI=1S/C6H10NO/c1-6(7-5-8)3-2-4-6/h2-4H2,1H3,(H,7,8). The number of hydrogen-bond acceptors (Lipinski definition) is 1. The van der Waals surface area contributed by atoms with Crippen molar-refractivity contribution in [2.45, 2.75) is 31.7 Å². The van der Waals surface area contributed by atoms with E-state index >= 15 is 0 Å². The Balaban J connectivity index is 2.29. The van der Waals surface area contributed by atoms with Crippen LogP contribution in [-0.2, 0) is 4.79 Å². The zero-order valence-corrected chi connectivity index (χ0v) is 5.03. The Morgan fingerprint density at radius 2 is 2.25 bits per heavy atom. The molecule has 45 valence electrons. The maximum atomic E-state index is 9.78. The van der Waals surface area contributed by atoms with E-state index in [1.165, 1.54) is 6.42 Å². The van der Waals surface area contributed by atoms with Gasteiger partial charge in [-0.15, -0.1) is 0 Å². The predicted octanol–water partition coefficient (Wildman–Crippen LogP) is 0.586. The number of amides is 1. The Hall–Kier alpha value is -0.530. The quantitative estimate of drug-likeness (QED) is 0.520. The highest BCUT2D eigenvalue weighted by Gasteiger charge is 2.30. The maximum Gasteiger partial charge on any atom is 0.309 e. The molecule has 1 amide bonds. The molecular weight excluding hydrogens is 102 g/mol. The Bertz CT molecular complexity index is 96.7. The van der Waals surface area contributed by atoms with Gasteiger partial charge in [0.2, 0.25) is 0 Å². The summed E-state index contributed by atoms with van der Waals surface area (Å²) >= 11 is 0. The van der Waals surface area contributed by atoms with E-state index in [9.17, 15) is 4.79 Å². The molecule has 0 aromatic heterocycles. The van der Waals surface area contributed by atoms with Crippen molar-refractivity contribution in [3.05, 3.63) is 0 Å². The van der Waals surface area contributed by atoms with Gasteiger partial charge >= 0.3 is 6.41 Å². The van der Waals surface area contributed by atoms with Crippen molar-refractivity contribution >= 4 is 6.41 Å². The van der Waals surface area contributed by atoms with Crippen molar-refractivity contribution in [2.24, 2.45) is 0 Å². The van der Waals surface area contributed by atoms with Crippen LogP contribution in [0.3, 0.4) is 0 Å². The summed E-state index contributed by atoms with van der Waals surface area (Å²) in [7, 11) is 0. The molecule has 1 aliphatic carbocycles.